The summed E-state index contributed by atoms with van der Waals surface area (Å²) in [6, 6.07) is 10.6. The average Bonchev–Trinajstić information content (AvgIpc) is 3.49. The van der Waals surface area contributed by atoms with Crippen LogP contribution in [-0.4, -0.2) is 62.8 Å². The van der Waals surface area contributed by atoms with Crippen LogP contribution < -0.4 is 21.7 Å². The van der Waals surface area contributed by atoms with Crippen LogP contribution in [0.5, 0.6) is 0 Å². The van der Waals surface area contributed by atoms with E-state index in [0.29, 0.717) is 50.1 Å². The van der Waals surface area contributed by atoms with Crippen molar-refractivity contribution < 1.29 is 32.7 Å². The van der Waals surface area contributed by atoms with Crippen molar-refractivity contribution in [1.82, 2.24) is 5.32 Å². The topological polar surface area (TPSA) is 209 Å². The number of carbonyl (C=O) groups excluding carboxylic acids is 3. The number of carbonyl (C=O) groups is 4. The maximum Gasteiger partial charge on any atom is 0.319 e. The van der Waals surface area contributed by atoms with E-state index in [1.807, 2.05) is 0 Å². The van der Waals surface area contributed by atoms with Gasteiger partial charge in [-0.25, -0.2) is 13.2 Å². The fourth-order valence-corrected chi connectivity index (χ4v) is 8.92. The Morgan fingerprint density at radius 3 is 2.46 bits per heavy atom. The van der Waals surface area contributed by atoms with E-state index in [1.54, 1.807) is 37.4 Å². The molecule has 48 heavy (non-hydrogen) atoms. The summed E-state index contributed by atoms with van der Waals surface area (Å²) in [7, 11) is -4.02. The van der Waals surface area contributed by atoms with Gasteiger partial charge in [-0.1, -0.05) is 25.0 Å². The number of rotatable bonds is 19. The standard InChI is InChI=1S/C33H41N5O7S3/c1-21-16-23(37-33(43)36-14-6-4-3-5-7-15-39)18-26(38-29(40)12-9-13-30(41)42)31(21)22-10-8-11-24(17-22)48(44,45)28-19-27(25(35)20-34)47-32(28)46-2/h8,10-11,15-19,35H,3-7,9,12-14,20,34H2,1-2H3,(H,38,40)(H,41,42)(H2,36,37,43). The van der Waals surface area contributed by atoms with Gasteiger partial charge in [0.15, 0.2) is 0 Å². The molecule has 0 unspecified atom stereocenters. The van der Waals surface area contributed by atoms with Gasteiger partial charge in [0.25, 0.3) is 0 Å². The predicted octanol–water partition coefficient (Wildman–Crippen LogP) is 6.07. The molecule has 1 aromatic heterocycles. The number of anilines is 2. The lowest BCUT2D eigenvalue weighted by Gasteiger charge is -2.18. The van der Waals surface area contributed by atoms with Crippen LogP contribution in [0.1, 0.15) is 61.8 Å². The molecule has 3 amide bonds. The molecule has 3 aromatic rings. The van der Waals surface area contributed by atoms with Crippen LogP contribution in [0, 0.1) is 12.3 Å². The van der Waals surface area contributed by atoms with E-state index in [1.165, 1.54) is 41.3 Å². The van der Waals surface area contributed by atoms with Gasteiger partial charge in [0, 0.05) is 43.6 Å². The Morgan fingerprint density at radius 1 is 1.02 bits per heavy atom. The number of thioether (sulfide) groups is 1. The number of thiophene rings is 1. The molecule has 0 fully saturated rings. The summed E-state index contributed by atoms with van der Waals surface area (Å²) in [4.78, 5) is 47.6. The van der Waals surface area contributed by atoms with E-state index in [-0.39, 0.29) is 41.3 Å². The fourth-order valence-electron chi connectivity index (χ4n) is 4.92. The summed E-state index contributed by atoms with van der Waals surface area (Å²) in [5.41, 5.74) is 8.13. The Morgan fingerprint density at radius 2 is 1.77 bits per heavy atom. The first-order valence-electron chi connectivity index (χ1n) is 15.4. The number of carboxylic acid groups (broad SMARTS) is 1. The molecule has 7 N–H and O–H groups in total. The second-order valence-electron chi connectivity index (χ2n) is 10.9. The molecule has 0 radical (unpaired) electrons. The molecule has 0 bridgehead atoms. The highest BCUT2D eigenvalue weighted by Gasteiger charge is 2.26. The Kier molecular flexibility index (Phi) is 14.8. The van der Waals surface area contributed by atoms with Crippen molar-refractivity contribution >= 4 is 74.2 Å². The maximum absolute atomic E-state index is 13.9. The number of aryl methyl sites for hydroxylation is 1. The van der Waals surface area contributed by atoms with Crippen molar-refractivity contribution in [3.05, 3.63) is 52.9 Å². The van der Waals surface area contributed by atoms with Crippen molar-refractivity contribution in [2.24, 2.45) is 5.73 Å². The SMILES string of the molecule is CSc1sc(C(=N)CN)cc1S(=O)(=O)c1cccc(-c2c(C)cc(NC(=O)NCCCCCCC=O)cc2NC(=O)CCCC(=O)O)c1. The van der Waals surface area contributed by atoms with Crippen LogP contribution >= 0.6 is 23.1 Å². The van der Waals surface area contributed by atoms with E-state index >= 15 is 0 Å². The van der Waals surface area contributed by atoms with E-state index in [4.69, 9.17) is 16.2 Å². The van der Waals surface area contributed by atoms with E-state index in [0.717, 1.165) is 32.0 Å². The second kappa shape index (κ2) is 18.5. The number of amides is 3. The molecular formula is C33H41N5O7S3. The molecular weight excluding hydrogens is 675 g/mol. The lowest BCUT2D eigenvalue weighted by molar-refractivity contribution is -0.137. The molecule has 0 saturated carbocycles. The van der Waals surface area contributed by atoms with Crippen LogP contribution in [0.4, 0.5) is 16.2 Å². The van der Waals surface area contributed by atoms with Crippen LogP contribution in [-0.2, 0) is 24.2 Å². The lowest BCUT2D eigenvalue weighted by Crippen LogP contribution is -2.29. The normalized spacial score (nSPS) is 11.1. The molecule has 12 nitrogen and oxygen atoms in total. The molecule has 0 spiro atoms. The molecule has 0 aliphatic carbocycles. The van der Waals surface area contributed by atoms with Crippen molar-refractivity contribution in [3.63, 3.8) is 0 Å². The van der Waals surface area contributed by atoms with Crippen molar-refractivity contribution in [3.8, 4) is 11.1 Å². The number of urea groups is 1. The smallest absolute Gasteiger partial charge is 0.319 e. The second-order valence-corrected chi connectivity index (χ2v) is 15.0. The molecule has 2 aromatic carbocycles. The molecule has 3 rings (SSSR count). The predicted molar refractivity (Wildman–Crippen MR) is 190 cm³/mol. The highest BCUT2D eigenvalue weighted by molar-refractivity contribution is 8.01. The largest absolute Gasteiger partial charge is 0.481 e. The number of aliphatic carboxylic acids is 1. The van der Waals surface area contributed by atoms with Crippen LogP contribution in [0.15, 0.2) is 56.5 Å². The Balaban J connectivity index is 1.95. The third-order valence-electron chi connectivity index (χ3n) is 7.27. The zero-order valence-electron chi connectivity index (χ0n) is 26.9. The number of carboxylic acids is 1. The Bertz CT molecular complexity index is 1760. The molecule has 258 valence electrons. The number of hydrogen-bond acceptors (Lipinski definition) is 10. The molecule has 0 aliphatic heterocycles. The summed E-state index contributed by atoms with van der Waals surface area (Å²) in [6.07, 6.45) is 6.41. The minimum Gasteiger partial charge on any atom is -0.481 e. The highest BCUT2D eigenvalue weighted by atomic mass is 32.2. The Hall–Kier alpha value is -4.05. The number of sulfone groups is 1. The monoisotopic (exact) mass is 715 g/mol. The van der Waals surface area contributed by atoms with Crippen LogP contribution in [0.3, 0.4) is 0 Å². The third kappa shape index (κ3) is 10.7. The van der Waals surface area contributed by atoms with Gasteiger partial charge in [-0.15, -0.1) is 23.1 Å². The molecule has 15 heteroatoms. The van der Waals surface area contributed by atoms with Crippen molar-refractivity contribution in [2.45, 2.75) is 72.3 Å². The number of aldehydes is 1. The molecule has 1 heterocycles. The Labute approximate surface area is 288 Å². The summed E-state index contributed by atoms with van der Waals surface area (Å²) in [6.45, 7) is 2.19. The minimum atomic E-state index is -4.02. The molecule has 0 aliphatic rings. The van der Waals surface area contributed by atoms with Gasteiger partial charge in [0.1, 0.15) is 6.29 Å². The zero-order chi connectivity index (χ0) is 35.3. The van der Waals surface area contributed by atoms with Crippen molar-refractivity contribution in [1.29, 1.82) is 5.41 Å². The minimum absolute atomic E-state index is 0.0183. The van der Waals surface area contributed by atoms with Gasteiger partial charge in [0.2, 0.25) is 15.7 Å². The highest BCUT2D eigenvalue weighted by Crippen LogP contribution is 2.40. The zero-order valence-corrected chi connectivity index (χ0v) is 29.3. The quantitative estimate of drug-likeness (QED) is 0.0368. The van der Waals surface area contributed by atoms with Gasteiger partial charge < -0.3 is 37.0 Å². The van der Waals surface area contributed by atoms with Crippen LogP contribution in [0.2, 0.25) is 0 Å². The first kappa shape index (κ1) is 38.4. The van der Waals surface area contributed by atoms with E-state index < -0.39 is 27.7 Å². The van der Waals surface area contributed by atoms with Gasteiger partial charge in [0.05, 0.1) is 30.3 Å². The summed E-state index contributed by atoms with van der Waals surface area (Å²) in [5, 5.41) is 25.5. The maximum atomic E-state index is 13.9. The van der Waals surface area contributed by atoms with Crippen LogP contribution in [0.25, 0.3) is 11.1 Å². The number of nitrogens with one attached hydrogen (secondary N) is 4. The number of nitrogens with two attached hydrogens (primary N) is 1. The number of benzene rings is 2. The van der Waals surface area contributed by atoms with E-state index in [9.17, 15) is 27.6 Å². The molecule has 0 atom stereocenters. The van der Waals surface area contributed by atoms with Gasteiger partial charge in [-0.3, -0.25) is 9.59 Å². The third-order valence-corrected chi connectivity index (χ3v) is 11.6. The van der Waals surface area contributed by atoms with Gasteiger partial charge >= 0.3 is 12.0 Å². The first-order chi connectivity index (χ1) is 22.9. The number of unbranched alkanes of at least 4 members (excludes halogenated alkanes) is 4. The van der Waals surface area contributed by atoms with Gasteiger partial charge in [-0.05, 0) is 73.9 Å². The first-order valence-corrected chi connectivity index (χ1v) is 18.9. The average molecular weight is 716 g/mol. The summed E-state index contributed by atoms with van der Waals surface area (Å²) < 4.78 is 28.3. The number of hydrogen-bond donors (Lipinski definition) is 6. The summed E-state index contributed by atoms with van der Waals surface area (Å²) in [5.74, 6) is -1.45. The summed E-state index contributed by atoms with van der Waals surface area (Å²) >= 11 is 2.46. The molecule has 0 saturated heterocycles. The fraction of sp³-hybridized carbons (Fsp3) is 0.364. The van der Waals surface area contributed by atoms with Gasteiger partial charge in [-0.2, -0.15) is 0 Å². The lowest BCUT2D eigenvalue weighted by atomic mass is 9.97. The van der Waals surface area contributed by atoms with E-state index in [2.05, 4.69) is 16.0 Å². The van der Waals surface area contributed by atoms with Crippen molar-refractivity contribution in [2.75, 3.05) is 30.0 Å².